The van der Waals surface area contributed by atoms with Gasteiger partial charge in [0.25, 0.3) is 5.91 Å². The molecule has 3 aliphatic heterocycles. The van der Waals surface area contributed by atoms with E-state index < -0.39 is 83.5 Å². The monoisotopic (exact) mass is 614 g/mol. The van der Waals surface area contributed by atoms with E-state index in [0.29, 0.717) is 24.9 Å². The first-order valence-corrected chi connectivity index (χ1v) is 14.6. The van der Waals surface area contributed by atoms with E-state index in [2.05, 4.69) is 26.3 Å². The number of aliphatic carboxylic acids is 1. The van der Waals surface area contributed by atoms with Gasteiger partial charge in [-0.05, 0) is 38.6 Å². The number of Topliss-reactive ketones (excluding diaryl/α,β-unsaturated/α-hetero) is 1. The third-order valence-electron chi connectivity index (χ3n) is 8.80. The van der Waals surface area contributed by atoms with Crippen LogP contribution < -0.4 is 43.8 Å². The Hall–Kier alpha value is -4.57. The molecule has 3 fully saturated rings. The lowest BCUT2D eigenvalue weighted by atomic mass is 9.55. The van der Waals surface area contributed by atoms with Gasteiger partial charge in [-0.15, -0.1) is 0 Å². The van der Waals surface area contributed by atoms with E-state index in [1.54, 1.807) is 30.3 Å². The molecule has 0 radical (unpaired) electrons. The number of hydrogen-bond acceptors (Lipinski definition) is 8. The Labute approximate surface area is 253 Å². The van der Waals surface area contributed by atoms with Crippen molar-refractivity contribution in [3.05, 3.63) is 35.9 Å². The molecule has 16 nitrogen and oxygen atoms in total. The minimum Gasteiger partial charge on any atom is -0.481 e. The van der Waals surface area contributed by atoms with Crippen LogP contribution in [0, 0.1) is 5.41 Å². The molecule has 44 heavy (non-hydrogen) atoms. The fourth-order valence-corrected chi connectivity index (χ4v) is 6.80. The van der Waals surface area contributed by atoms with Crippen LogP contribution in [0.25, 0.3) is 0 Å². The van der Waals surface area contributed by atoms with E-state index >= 15 is 0 Å². The van der Waals surface area contributed by atoms with Crippen LogP contribution in [0.5, 0.6) is 0 Å². The van der Waals surface area contributed by atoms with Crippen molar-refractivity contribution < 1.29 is 39.2 Å². The maximum absolute atomic E-state index is 14.5. The van der Waals surface area contributed by atoms with Gasteiger partial charge >= 0.3 is 5.97 Å². The highest BCUT2D eigenvalue weighted by atomic mass is 16.4. The number of nitrogens with one attached hydrogen (secondary N) is 4. The number of fused-ring (bicyclic) bond motifs is 4. The van der Waals surface area contributed by atoms with Gasteiger partial charge in [0, 0.05) is 12.1 Å². The first kappa shape index (κ1) is 32.3. The summed E-state index contributed by atoms with van der Waals surface area (Å²) in [7, 11) is 0. The standard InChI is InChI=1S/C28H39N9O7/c29-10-5-4-8-16-23(42)35-18-13-27(9-11-32-26(30)31,19(38)14-33-22(18)41)28(15-6-2-1-3-7-15)21(25(44)34-16)36-24(43)17(37-28)12-20(39)40/h1-3,6-7,16-18,21,37H,4-5,8-14,29H2,(H,33,41)(H,34,44)(H,35,42)(H,36,43)(H,39,40)(H4,30,31,32)/p+1/t16?,17?,18-,21?,27?,28+/m0/s1. The number of aliphatic imine (C=N–C) groups is 1. The zero-order chi connectivity index (χ0) is 32.1. The number of quaternary nitrogens is 1. The van der Waals surface area contributed by atoms with E-state index in [-0.39, 0.29) is 31.8 Å². The number of ketones is 1. The third-order valence-corrected chi connectivity index (χ3v) is 8.80. The molecule has 1 aromatic carbocycles. The summed E-state index contributed by atoms with van der Waals surface area (Å²) in [4.78, 5) is 85.1. The summed E-state index contributed by atoms with van der Waals surface area (Å²) >= 11 is 0. The first-order chi connectivity index (χ1) is 20.9. The number of carbonyl (C=O) groups excluding carboxylic acids is 5. The number of carboxylic acids is 1. The number of nitrogens with zero attached hydrogens (tertiary/aromatic N) is 1. The summed E-state index contributed by atoms with van der Waals surface area (Å²) in [6.45, 7) is -0.205. The number of guanidine groups is 1. The maximum atomic E-state index is 14.5. The number of unbranched alkanes of at least 4 members (excludes halogenated alkanes) is 1. The van der Waals surface area contributed by atoms with Gasteiger partial charge in [-0.25, -0.2) is 0 Å². The predicted octanol–water partition coefficient (Wildman–Crippen LogP) is -4.36. The van der Waals surface area contributed by atoms with E-state index in [1.165, 1.54) is 5.32 Å². The van der Waals surface area contributed by atoms with Crippen molar-refractivity contribution in [3.63, 3.8) is 0 Å². The average molecular weight is 615 g/mol. The smallest absolute Gasteiger partial charge is 0.309 e. The fourth-order valence-electron chi connectivity index (χ4n) is 6.80. The van der Waals surface area contributed by atoms with Crippen LogP contribution in [0.4, 0.5) is 0 Å². The Balaban J connectivity index is 2.03. The van der Waals surface area contributed by atoms with E-state index in [9.17, 15) is 33.9 Å². The molecule has 3 heterocycles. The molecule has 238 valence electrons. The maximum Gasteiger partial charge on any atom is 0.309 e. The van der Waals surface area contributed by atoms with Gasteiger partial charge in [-0.1, -0.05) is 30.3 Å². The van der Waals surface area contributed by atoms with Gasteiger partial charge in [0.2, 0.25) is 17.7 Å². The van der Waals surface area contributed by atoms with Crippen molar-refractivity contribution in [2.45, 2.75) is 68.2 Å². The topological polar surface area (TPSA) is 278 Å². The molecule has 3 saturated heterocycles. The minimum atomic E-state index is -1.71. The van der Waals surface area contributed by atoms with E-state index in [0.717, 1.165) is 0 Å². The first-order valence-electron chi connectivity index (χ1n) is 14.6. The highest BCUT2D eigenvalue weighted by molar-refractivity contribution is 6.01. The zero-order valence-electron chi connectivity index (χ0n) is 24.2. The second kappa shape index (κ2) is 13.4. The summed E-state index contributed by atoms with van der Waals surface area (Å²) in [6, 6.07) is 3.42. The molecular formula is C28H40N9O7+. The average Bonchev–Trinajstić information content (AvgIpc) is 3.09. The molecule has 4 amide bonds. The number of rotatable bonds is 10. The second-order valence-electron chi connectivity index (χ2n) is 11.4. The molecule has 0 spiro atoms. The zero-order valence-corrected chi connectivity index (χ0v) is 24.2. The van der Waals surface area contributed by atoms with Crippen LogP contribution in [0.1, 0.15) is 44.1 Å². The molecule has 6 atom stereocenters. The molecule has 0 aliphatic carbocycles. The lowest BCUT2D eigenvalue weighted by molar-refractivity contribution is -0.773. The third kappa shape index (κ3) is 6.21. The van der Waals surface area contributed by atoms with Crippen LogP contribution in [-0.4, -0.2) is 90.2 Å². The van der Waals surface area contributed by atoms with Gasteiger partial charge in [0.05, 0.1) is 12.0 Å². The van der Waals surface area contributed by atoms with Crippen LogP contribution in [0.3, 0.4) is 0 Å². The summed E-state index contributed by atoms with van der Waals surface area (Å²) in [6.07, 6.45) is 0.235. The van der Waals surface area contributed by atoms with E-state index in [4.69, 9.17) is 17.2 Å². The van der Waals surface area contributed by atoms with Gasteiger partial charge < -0.3 is 48.9 Å². The molecule has 4 rings (SSSR count). The van der Waals surface area contributed by atoms with Gasteiger partial charge in [0.1, 0.15) is 18.5 Å². The van der Waals surface area contributed by atoms with Crippen molar-refractivity contribution in [1.29, 1.82) is 0 Å². The molecule has 3 aliphatic rings. The number of carboxylic acid groups (broad SMARTS) is 1. The SMILES string of the molecule is NCCCCC1NC(=O)C2NC(=O)C(CC(=O)O)[NH2+][C@@]2(c2ccccc2)C2(CCN=C(N)N)C[C@H](NC1=O)C(=O)NCC2=O. The Morgan fingerprint density at radius 3 is 2.36 bits per heavy atom. The summed E-state index contributed by atoms with van der Waals surface area (Å²) < 4.78 is 0. The van der Waals surface area contributed by atoms with Crippen LogP contribution in [-0.2, 0) is 34.3 Å². The largest absolute Gasteiger partial charge is 0.481 e. The molecule has 4 unspecified atom stereocenters. The molecule has 16 heteroatoms. The van der Waals surface area contributed by atoms with Crippen molar-refractivity contribution in [2.75, 3.05) is 19.6 Å². The fraction of sp³-hybridized carbons (Fsp3) is 0.536. The number of carbonyl (C=O) groups is 6. The summed E-state index contributed by atoms with van der Waals surface area (Å²) in [5, 5.41) is 22.0. The highest BCUT2D eigenvalue weighted by Gasteiger charge is 2.70. The van der Waals surface area contributed by atoms with Crippen molar-refractivity contribution in [2.24, 2.45) is 27.6 Å². The van der Waals surface area contributed by atoms with Crippen molar-refractivity contribution in [1.82, 2.24) is 21.3 Å². The molecular weight excluding hydrogens is 574 g/mol. The molecule has 1 aromatic rings. The Kier molecular flexibility index (Phi) is 9.84. The summed E-state index contributed by atoms with van der Waals surface area (Å²) in [5.74, 6) is -4.75. The molecule has 2 bridgehead atoms. The number of amides is 4. The van der Waals surface area contributed by atoms with Gasteiger partial charge in [-0.2, -0.15) is 0 Å². The second-order valence-corrected chi connectivity index (χ2v) is 11.4. The number of piperazine rings is 1. The minimum absolute atomic E-state index is 0.112. The number of benzene rings is 1. The predicted molar refractivity (Wildman–Crippen MR) is 155 cm³/mol. The van der Waals surface area contributed by atoms with Crippen molar-refractivity contribution >= 4 is 41.3 Å². The Morgan fingerprint density at radius 2 is 1.70 bits per heavy atom. The highest BCUT2D eigenvalue weighted by Crippen LogP contribution is 2.49. The Bertz CT molecular complexity index is 1340. The lowest BCUT2D eigenvalue weighted by Gasteiger charge is -2.54. The quantitative estimate of drug-likeness (QED) is 0.0693. The van der Waals surface area contributed by atoms with Gasteiger partial charge in [0.15, 0.2) is 29.4 Å². The summed E-state index contributed by atoms with van der Waals surface area (Å²) in [5.41, 5.74) is 13.9. The molecule has 0 saturated carbocycles. The van der Waals surface area contributed by atoms with Crippen molar-refractivity contribution in [3.8, 4) is 0 Å². The van der Waals surface area contributed by atoms with Crippen LogP contribution >= 0.6 is 0 Å². The van der Waals surface area contributed by atoms with Gasteiger partial charge in [-0.3, -0.25) is 33.8 Å². The number of nitrogens with two attached hydrogens (primary N) is 4. The normalized spacial score (nSPS) is 30.4. The Morgan fingerprint density at radius 1 is 0.977 bits per heavy atom. The van der Waals surface area contributed by atoms with Crippen LogP contribution in [0.15, 0.2) is 35.3 Å². The van der Waals surface area contributed by atoms with Crippen LogP contribution in [0.2, 0.25) is 0 Å². The lowest BCUT2D eigenvalue weighted by Crippen LogP contribution is -3.10. The van der Waals surface area contributed by atoms with E-state index in [1.807, 2.05) is 0 Å². The molecule has 13 N–H and O–H groups in total. The number of hydrogen-bond donors (Lipinski definition) is 9. The molecule has 0 aromatic heterocycles.